The molecule has 122 valence electrons. The first-order valence-electron chi connectivity index (χ1n) is 7.38. The van der Waals surface area contributed by atoms with Crippen molar-refractivity contribution in [1.29, 1.82) is 10.5 Å². The molecule has 1 rings (SSSR count). The largest absolute Gasteiger partial charge is 0.493 e. The first-order valence-corrected chi connectivity index (χ1v) is 7.38. The van der Waals surface area contributed by atoms with Gasteiger partial charge < -0.3 is 14.4 Å². The Morgan fingerprint density at radius 1 is 1.09 bits per heavy atom. The fourth-order valence-corrected chi connectivity index (χ4v) is 2.18. The summed E-state index contributed by atoms with van der Waals surface area (Å²) in [4.78, 5) is 13.8. The lowest BCUT2D eigenvalue weighted by molar-refractivity contribution is -0.131. The summed E-state index contributed by atoms with van der Waals surface area (Å²) in [5, 5.41) is 17.3. The summed E-state index contributed by atoms with van der Waals surface area (Å²) < 4.78 is 10.4. The zero-order chi connectivity index (χ0) is 17.1. The summed E-state index contributed by atoms with van der Waals surface area (Å²) in [5.74, 6) is 1.22. The fraction of sp³-hybridized carbons (Fsp3) is 0.471. The van der Waals surface area contributed by atoms with Crippen LogP contribution in [-0.2, 0) is 11.2 Å². The molecular formula is C17H21N3O3. The van der Waals surface area contributed by atoms with Crippen LogP contribution < -0.4 is 9.47 Å². The number of hydrogen-bond donors (Lipinski definition) is 0. The van der Waals surface area contributed by atoms with Crippen LogP contribution in [0.3, 0.4) is 0 Å². The highest BCUT2D eigenvalue weighted by molar-refractivity contribution is 5.76. The smallest absolute Gasteiger partial charge is 0.222 e. The van der Waals surface area contributed by atoms with E-state index in [1.165, 1.54) is 0 Å². The van der Waals surface area contributed by atoms with Crippen molar-refractivity contribution in [3.8, 4) is 23.6 Å². The molecule has 1 aromatic carbocycles. The predicted octanol–water partition coefficient (Wildman–Crippen LogP) is 2.29. The average Bonchev–Trinajstić information content (AvgIpc) is 2.59. The van der Waals surface area contributed by atoms with Gasteiger partial charge in [-0.05, 0) is 24.1 Å². The molecule has 0 spiro atoms. The van der Waals surface area contributed by atoms with E-state index in [2.05, 4.69) is 0 Å². The van der Waals surface area contributed by atoms with Gasteiger partial charge in [0.1, 0.15) is 0 Å². The van der Waals surface area contributed by atoms with Gasteiger partial charge >= 0.3 is 0 Å². The van der Waals surface area contributed by atoms with E-state index in [-0.39, 0.29) is 18.7 Å². The minimum absolute atomic E-state index is 0.0507. The first-order chi connectivity index (χ1) is 11.2. The Labute approximate surface area is 136 Å². The second kappa shape index (κ2) is 10.1. The van der Waals surface area contributed by atoms with Crippen molar-refractivity contribution in [3.05, 3.63) is 23.8 Å². The van der Waals surface area contributed by atoms with Crippen LogP contribution in [0.1, 0.15) is 24.8 Å². The maximum atomic E-state index is 12.3. The Balaban J connectivity index is 2.65. The third-order valence-corrected chi connectivity index (χ3v) is 3.42. The molecule has 1 amide bonds. The first kappa shape index (κ1) is 18.3. The Bertz CT molecular complexity index is 584. The van der Waals surface area contributed by atoms with E-state index < -0.39 is 0 Å². The molecule has 0 bridgehead atoms. The number of rotatable bonds is 9. The molecular weight excluding hydrogens is 294 g/mol. The zero-order valence-corrected chi connectivity index (χ0v) is 13.5. The van der Waals surface area contributed by atoms with E-state index in [0.717, 1.165) is 5.56 Å². The Hall–Kier alpha value is -2.73. The van der Waals surface area contributed by atoms with Crippen LogP contribution in [0.15, 0.2) is 18.2 Å². The summed E-state index contributed by atoms with van der Waals surface area (Å²) in [6.45, 7) is 0.728. The molecule has 0 saturated heterocycles. The van der Waals surface area contributed by atoms with Crippen LogP contribution in [-0.4, -0.2) is 38.1 Å². The van der Waals surface area contributed by atoms with Crippen LogP contribution in [0.5, 0.6) is 11.5 Å². The van der Waals surface area contributed by atoms with Gasteiger partial charge in [-0.3, -0.25) is 4.79 Å². The quantitative estimate of drug-likeness (QED) is 0.698. The molecule has 0 saturated carbocycles. The third-order valence-electron chi connectivity index (χ3n) is 3.42. The van der Waals surface area contributed by atoms with Crippen LogP contribution in [0, 0.1) is 22.7 Å². The summed E-state index contributed by atoms with van der Waals surface area (Å²) in [7, 11) is 3.14. The van der Waals surface area contributed by atoms with Crippen molar-refractivity contribution in [2.24, 2.45) is 0 Å². The van der Waals surface area contributed by atoms with Gasteiger partial charge in [-0.2, -0.15) is 10.5 Å². The van der Waals surface area contributed by atoms with E-state index >= 15 is 0 Å². The molecule has 0 radical (unpaired) electrons. The third kappa shape index (κ3) is 5.88. The van der Waals surface area contributed by atoms with Gasteiger partial charge in [0, 0.05) is 19.5 Å². The standard InChI is InChI=1S/C17H21N3O3/c1-22-15-7-5-14(13-16(15)23-2)6-8-17(21)20(11-3-9-18)12-4-10-19/h5,7,13H,3-4,6,8,11-12H2,1-2H3. The fourth-order valence-electron chi connectivity index (χ4n) is 2.18. The minimum atomic E-state index is -0.0507. The molecule has 0 unspecified atom stereocenters. The van der Waals surface area contributed by atoms with Crippen LogP contribution in [0.4, 0.5) is 0 Å². The van der Waals surface area contributed by atoms with Crippen molar-refractivity contribution in [2.75, 3.05) is 27.3 Å². The lowest BCUT2D eigenvalue weighted by atomic mass is 10.1. The molecule has 6 heteroatoms. The Kier molecular flexibility index (Phi) is 8.02. The Morgan fingerprint density at radius 2 is 1.70 bits per heavy atom. The molecule has 6 nitrogen and oxygen atoms in total. The summed E-state index contributed by atoms with van der Waals surface area (Å²) >= 11 is 0. The number of amides is 1. The number of aryl methyl sites for hydroxylation is 1. The Morgan fingerprint density at radius 3 is 2.22 bits per heavy atom. The monoisotopic (exact) mass is 315 g/mol. The summed E-state index contributed by atoms with van der Waals surface area (Å²) in [6.07, 6.45) is 1.43. The topological polar surface area (TPSA) is 86.4 Å². The van der Waals surface area contributed by atoms with E-state index in [1.54, 1.807) is 19.1 Å². The van der Waals surface area contributed by atoms with Crippen molar-refractivity contribution in [2.45, 2.75) is 25.7 Å². The molecule has 0 aliphatic rings. The number of carbonyl (C=O) groups is 1. The maximum absolute atomic E-state index is 12.3. The maximum Gasteiger partial charge on any atom is 0.222 e. The van der Waals surface area contributed by atoms with Crippen LogP contribution >= 0.6 is 0 Å². The van der Waals surface area contributed by atoms with E-state index in [9.17, 15) is 4.79 Å². The van der Waals surface area contributed by atoms with Gasteiger partial charge in [-0.1, -0.05) is 6.07 Å². The van der Waals surface area contributed by atoms with Crippen molar-refractivity contribution in [3.63, 3.8) is 0 Å². The zero-order valence-electron chi connectivity index (χ0n) is 13.5. The van der Waals surface area contributed by atoms with Crippen molar-refractivity contribution in [1.82, 2.24) is 4.90 Å². The number of nitrogens with zero attached hydrogens (tertiary/aromatic N) is 3. The lowest BCUT2D eigenvalue weighted by Gasteiger charge is -2.20. The van der Waals surface area contributed by atoms with Crippen LogP contribution in [0.2, 0.25) is 0 Å². The van der Waals surface area contributed by atoms with Crippen molar-refractivity contribution < 1.29 is 14.3 Å². The normalized spacial score (nSPS) is 9.57. The number of hydrogen-bond acceptors (Lipinski definition) is 5. The molecule has 1 aromatic rings. The highest BCUT2D eigenvalue weighted by atomic mass is 16.5. The average molecular weight is 315 g/mol. The second-order valence-electron chi connectivity index (χ2n) is 4.89. The molecule has 0 atom stereocenters. The number of carbonyl (C=O) groups excluding carboxylic acids is 1. The van der Waals surface area contributed by atoms with Crippen LogP contribution in [0.25, 0.3) is 0 Å². The molecule has 0 aliphatic heterocycles. The molecule has 0 fully saturated rings. The highest BCUT2D eigenvalue weighted by Crippen LogP contribution is 2.28. The van der Waals surface area contributed by atoms with E-state index in [0.29, 0.717) is 37.4 Å². The summed E-state index contributed by atoms with van der Waals surface area (Å²) in [6, 6.07) is 9.60. The van der Waals surface area contributed by atoms with Gasteiger partial charge in [0.15, 0.2) is 11.5 Å². The van der Waals surface area contributed by atoms with E-state index in [4.69, 9.17) is 20.0 Å². The minimum Gasteiger partial charge on any atom is -0.493 e. The molecule has 0 N–H and O–H groups in total. The number of ether oxygens (including phenoxy) is 2. The van der Waals surface area contributed by atoms with Crippen molar-refractivity contribution >= 4 is 5.91 Å². The highest BCUT2D eigenvalue weighted by Gasteiger charge is 2.13. The summed E-state index contributed by atoms with van der Waals surface area (Å²) in [5.41, 5.74) is 0.969. The lowest BCUT2D eigenvalue weighted by Crippen LogP contribution is -2.32. The van der Waals surface area contributed by atoms with E-state index in [1.807, 2.05) is 30.3 Å². The predicted molar refractivity (Wildman–Crippen MR) is 84.9 cm³/mol. The molecule has 0 heterocycles. The van der Waals surface area contributed by atoms with Gasteiger partial charge in [-0.25, -0.2) is 0 Å². The van der Waals surface area contributed by atoms with Gasteiger partial charge in [0.2, 0.25) is 5.91 Å². The number of methoxy groups -OCH3 is 2. The molecule has 23 heavy (non-hydrogen) atoms. The number of nitriles is 2. The van der Waals surface area contributed by atoms with Gasteiger partial charge in [0.05, 0.1) is 39.2 Å². The number of benzene rings is 1. The SMILES string of the molecule is COc1ccc(CCC(=O)N(CCC#N)CCC#N)cc1OC. The van der Waals surface area contributed by atoms with Gasteiger partial charge in [-0.15, -0.1) is 0 Å². The molecule has 0 aromatic heterocycles. The molecule has 0 aliphatic carbocycles. The second-order valence-corrected chi connectivity index (χ2v) is 4.89. The van der Waals surface area contributed by atoms with Gasteiger partial charge in [0.25, 0.3) is 0 Å².